The van der Waals surface area contributed by atoms with E-state index in [1.54, 1.807) is 16.9 Å². The van der Waals surface area contributed by atoms with E-state index in [-0.39, 0.29) is 0 Å². The van der Waals surface area contributed by atoms with Crippen LogP contribution in [0, 0.1) is 0 Å². The number of anilines is 1. The summed E-state index contributed by atoms with van der Waals surface area (Å²) >= 11 is 7.44. The van der Waals surface area contributed by atoms with Crippen LogP contribution in [0.25, 0.3) is 27.6 Å². The molecular weight excluding hydrogens is 410 g/mol. The van der Waals surface area contributed by atoms with Gasteiger partial charge in [-0.2, -0.15) is 4.98 Å². The molecule has 4 aromatic heterocycles. The molecular formula is C19H14ClN7OS. The van der Waals surface area contributed by atoms with E-state index < -0.39 is 0 Å². The third kappa shape index (κ3) is 3.57. The zero-order chi connectivity index (χ0) is 19.8. The highest BCUT2D eigenvalue weighted by molar-refractivity contribution is 7.20. The van der Waals surface area contributed by atoms with Gasteiger partial charge in [-0.15, -0.1) is 5.10 Å². The smallest absolute Gasteiger partial charge is 0.246 e. The zero-order valence-electron chi connectivity index (χ0n) is 15.2. The fourth-order valence-corrected chi connectivity index (χ4v) is 3.78. The Balaban J connectivity index is 1.33. The highest BCUT2D eigenvalue weighted by atomic mass is 35.5. The third-order valence-electron chi connectivity index (χ3n) is 4.26. The molecule has 10 heteroatoms. The lowest BCUT2D eigenvalue weighted by molar-refractivity contribution is 0.378. The molecule has 0 saturated heterocycles. The number of hydrogen-bond acceptors (Lipinski definition) is 8. The summed E-state index contributed by atoms with van der Waals surface area (Å²) < 4.78 is 7.14. The van der Waals surface area contributed by atoms with Crippen molar-refractivity contribution in [1.29, 1.82) is 0 Å². The molecule has 0 N–H and O–H groups in total. The second-order valence-electron chi connectivity index (χ2n) is 6.35. The molecule has 29 heavy (non-hydrogen) atoms. The normalized spacial score (nSPS) is 11.2. The van der Waals surface area contributed by atoms with Crippen LogP contribution in [0.15, 0.2) is 59.5 Å². The van der Waals surface area contributed by atoms with Crippen LogP contribution in [0.4, 0.5) is 5.13 Å². The number of hydrogen-bond donors (Lipinski definition) is 0. The van der Waals surface area contributed by atoms with Gasteiger partial charge in [-0.3, -0.25) is 4.98 Å². The van der Waals surface area contributed by atoms with Crippen LogP contribution in [0.3, 0.4) is 0 Å². The number of aromatic nitrogens is 6. The van der Waals surface area contributed by atoms with Crippen molar-refractivity contribution in [3.8, 4) is 22.6 Å². The molecule has 0 spiro atoms. The molecule has 1 aromatic carbocycles. The van der Waals surface area contributed by atoms with E-state index in [1.807, 2.05) is 54.5 Å². The Morgan fingerprint density at radius 3 is 2.76 bits per heavy atom. The molecule has 0 saturated carbocycles. The van der Waals surface area contributed by atoms with Crippen molar-refractivity contribution in [2.75, 3.05) is 11.9 Å². The molecule has 0 amide bonds. The summed E-state index contributed by atoms with van der Waals surface area (Å²) in [5.41, 5.74) is 2.66. The van der Waals surface area contributed by atoms with E-state index in [0.717, 1.165) is 26.9 Å². The average molecular weight is 424 g/mol. The van der Waals surface area contributed by atoms with Gasteiger partial charge in [0.25, 0.3) is 0 Å². The summed E-state index contributed by atoms with van der Waals surface area (Å²) in [7, 11) is 1.92. The van der Waals surface area contributed by atoms with Crippen molar-refractivity contribution in [2.24, 2.45) is 0 Å². The first-order chi connectivity index (χ1) is 14.2. The van der Waals surface area contributed by atoms with Gasteiger partial charge < -0.3 is 9.42 Å². The number of rotatable bonds is 5. The van der Waals surface area contributed by atoms with E-state index >= 15 is 0 Å². The Labute approximate surface area is 174 Å². The molecule has 0 aliphatic carbocycles. The van der Waals surface area contributed by atoms with Crippen LogP contribution < -0.4 is 4.90 Å². The minimum Gasteiger partial charge on any atom is -0.340 e. The first-order valence-electron chi connectivity index (χ1n) is 8.72. The Morgan fingerprint density at radius 2 is 2.00 bits per heavy atom. The predicted octanol–water partition coefficient (Wildman–Crippen LogP) is 4.19. The maximum absolute atomic E-state index is 5.95. The molecule has 0 fully saturated rings. The van der Waals surface area contributed by atoms with Crippen LogP contribution in [0.2, 0.25) is 5.02 Å². The second-order valence-corrected chi connectivity index (χ2v) is 7.73. The van der Waals surface area contributed by atoms with Gasteiger partial charge in [0.2, 0.25) is 21.8 Å². The summed E-state index contributed by atoms with van der Waals surface area (Å²) in [5, 5.41) is 10.1. The van der Waals surface area contributed by atoms with Crippen molar-refractivity contribution in [1.82, 2.24) is 29.7 Å². The molecule has 0 bridgehead atoms. The zero-order valence-corrected chi connectivity index (χ0v) is 16.8. The minimum absolute atomic E-state index is 0.438. The minimum atomic E-state index is 0.438. The lowest BCUT2D eigenvalue weighted by Gasteiger charge is -2.11. The number of halogens is 1. The van der Waals surface area contributed by atoms with Gasteiger partial charge in [-0.25, -0.2) is 9.50 Å². The molecule has 0 atom stereocenters. The summed E-state index contributed by atoms with van der Waals surface area (Å²) in [5.74, 6) is 1.02. The molecule has 0 unspecified atom stereocenters. The Hall–Kier alpha value is -3.30. The number of imidazole rings is 1. The summed E-state index contributed by atoms with van der Waals surface area (Å²) in [6, 6.07) is 11.3. The fourth-order valence-electron chi connectivity index (χ4n) is 2.81. The van der Waals surface area contributed by atoms with E-state index in [9.17, 15) is 0 Å². The first kappa shape index (κ1) is 17.8. The number of nitrogens with zero attached hydrogens (tertiary/aromatic N) is 7. The molecule has 8 nitrogen and oxygen atoms in total. The van der Waals surface area contributed by atoms with Crippen LogP contribution >= 0.6 is 22.9 Å². The SMILES string of the molecule is CN(Cc1nc(-c2cccnc2)no1)c1nn2cc(-c3ccc(Cl)cc3)nc2s1. The van der Waals surface area contributed by atoms with Crippen molar-refractivity contribution >= 4 is 33.0 Å². The second kappa shape index (κ2) is 7.26. The largest absolute Gasteiger partial charge is 0.340 e. The topological polar surface area (TPSA) is 85.2 Å². The molecule has 0 radical (unpaired) electrons. The van der Waals surface area contributed by atoms with Gasteiger partial charge >= 0.3 is 0 Å². The van der Waals surface area contributed by atoms with Crippen LogP contribution in [-0.2, 0) is 6.54 Å². The molecule has 144 valence electrons. The van der Waals surface area contributed by atoms with Crippen molar-refractivity contribution in [2.45, 2.75) is 6.54 Å². The lowest BCUT2D eigenvalue weighted by atomic mass is 10.2. The highest BCUT2D eigenvalue weighted by Crippen LogP contribution is 2.27. The Morgan fingerprint density at radius 1 is 1.14 bits per heavy atom. The molecule has 4 heterocycles. The monoisotopic (exact) mass is 423 g/mol. The highest BCUT2D eigenvalue weighted by Gasteiger charge is 2.16. The quantitative estimate of drug-likeness (QED) is 0.419. The first-order valence-corrected chi connectivity index (χ1v) is 9.91. The summed E-state index contributed by atoms with van der Waals surface area (Å²) in [6.45, 7) is 0.438. The average Bonchev–Trinajstić information content (AvgIpc) is 3.44. The van der Waals surface area contributed by atoms with Gasteiger partial charge in [-0.05, 0) is 24.3 Å². The van der Waals surface area contributed by atoms with Crippen molar-refractivity contribution in [3.05, 3.63) is 65.9 Å². The van der Waals surface area contributed by atoms with Gasteiger partial charge in [0.1, 0.15) is 0 Å². The Kier molecular flexibility index (Phi) is 4.45. The van der Waals surface area contributed by atoms with E-state index in [2.05, 4.69) is 25.2 Å². The van der Waals surface area contributed by atoms with Gasteiger partial charge in [0.15, 0.2) is 0 Å². The van der Waals surface area contributed by atoms with E-state index in [4.69, 9.17) is 16.1 Å². The van der Waals surface area contributed by atoms with Crippen molar-refractivity contribution in [3.63, 3.8) is 0 Å². The third-order valence-corrected chi connectivity index (χ3v) is 5.55. The van der Waals surface area contributed by atoms with E-state index in [0.29, 0.717) is 23.3 Å². The molecule has 0 aliphatic rings. The lowest BCUT2D eigenvalue weighted by Crippen LogP contribution is -2.16. The molecule has 0 aliphatic heterocycles. The fraction of sp³-hybridized carbons (Fsp3) is 0.105. The number of fused-ring (bicyclic) bond motifs is 1. The van der Waals surface area contributed by atoms with E-state index in [1.165, 1.54) is 11.3 Å². The van der Waals surface area contributed by atoms with Gasteiger partial charge in [0.05, 0.1) is 18.4 Å². The number of pyridine rings is 1. The van der Waals surface area contributed by atoms with Gasteiger partial charge in [0, 0.05) is 35.6 Å². The van der Waals surface area contributed by atoms with Gasteiger partial charge in [-0.1, -0.05) is 40.2 Å². The molecule has 5 aromatic rings. The number of benzene rings is 1. The summed E-state index contributed by atoms with van der Waals surface area (Å²) in [6.07, 6.45) is 5.31. The maximum atomic E-state index is 5.95. The standard InChI is InChI=1S/C19H14ClN7OS/c1-26(11-16-23-17(25-28-16)13-3-2-8-21-9-13)19-24-27-10-15(22-18(27)29-19)12-4-6-14(20)7-5-12/h2-10H,11H2,1H3. The van der Waals surface area contributed by atoms with Crippen LogP contribution in [0.5, 0.6) is 0 Å². The maximum Gasteiger partial charge on any atom is 0.246 e. The predicted molar refractivity (Wildman–Crippen MR) is 111 cm³/mol. The van der Waals surface area contributed by atoms with Crippen molar-refractivity contribution < 1.29 is 4.52 Å². The van der Waals surface area contributed by atoms with Crippen LogP contribution in [0.1, 0.15) is 5.89 Å². The summed E-state index contributed by atoms with van der Waals surface area (Å²) in [4.78, 5) is 15.9. The van der Waals surface area contributed by atoms with Crippen LogP contribution in [-0.4, -0.2) is 36.8 Å². The Bertz CT molecular complexity index is 1230. The molecule has 5 rings (SSSR count).